The molecule has 10 heavy (non-hydrogen) atoms. The molecule has 0 heterocycles. The summed E-state index contributed by atoms with van der Waals surface area (Å²) in [4.78, 5) is 0. The Morgan fingerprint density at radius 2 is 0.700 bits per heavy atom. The third-order valence-electron chi connectivity index (χ3n) is 0. The summed E-state index contributed by atoms with van der Waals surface area (Å²) in [6.07, 6.45) is 0. The average molecular weight is 311 g/mol. The summed E-state index contributed by atoms with van der Waals surface area (Å²) in [5.74, 6) is 0. The topological polar surface area (TPSA) is 69.2 Å². The molecule has 0 amide bonds. The van der Waals surface area contributed by atoms with E-state index in [9.17, 15) is 0 Å². The van der Waals surface area contributed by atoms with Crippen LogP contribution in [0.25, 0.3) is 0 Å². The van der Waals surface area contributed by atoms with E-state index in [1.807, 2.05) is 0 Å². The fraction of sp³-hybridized carbons (Fsp3) is 1.00. The number of halogens is 3. The van der Waals surface area contributed by atoms with Crippen molar-refractivity contribution < 1.29 is 15.3 Å². The van der Waals surface area contributed by atoms with Crippen LogP contribution >= 0.6 is 34.8 Å². The molecule has 0 unspecified atom stereocenters. The van der Waals surface area contributed by atoms with Gasteiger partial charge in [0.2, 0.25) is 0 Å². The number of alkyl halides is 3. The summed E-state index contributed by atoms with van der Waals surface area (Å²) < 4.78 is 0. The Morgan fingerprint density at radius 1 is 0.700 bits per heavy atom. The van der Waals surface area contributed by atoms with Gasteiger partial charge in [0, 0.05) is 0 Å². The van der Waals surface area contributed by atoms with Crippen LogP contribution in [0.1, 0.15) is 0 Å². The Labute approximate surface area is 93.7 Å². The molecule has 7 heteroatoms. The smallest absolute Gasteiger partial charge is 0.843 e. The number of hydrogen-bond donors (Lipinski definition) is 0. The van der Waals surface area contributed by atoms with E-state index in [1.165, 1.54) is 0 Å². The molecule has 0 saturated heterocycles. The second-order valence-electron chi connectivity index (χ2n) is 0.327. The van der Waals surface area contributed by atoms with Crippen LogP contribution in [0.2, 0.25) is 0 Å². The second-order valence-corrected chi connectivity index (χ2v) is 0.982. The van der Waals surface area contributed by atoms with E-state index in [0.717, 1.165) is 0 Å². The maximum atomic E-state index is 8.70. The van der Waals surface area contributed by atoms with Crippen molar-refractivity contribution in [3.8, 4) is 0 Å². The predicted molar refractivity (Wildman–Crippen MR) is 37.9 cm³/mol. The van der Waals surface area contributed by atoms with Gasteiger partial charge in [-0.3, -0.25) is 0 Å². The molecular formula is C3H6Cl3InO3. The normalized spacial score (nSPS) is 5.40. The van der Waals surface area contributed by atoms with Crippen molar-refractivity contribution in [2.45, 2.75) is 0 Å². The van der Waals surface area contributed by atoms with E-state index in [-0.39, 0.29) is 25.8 Å². The van der Waals surface area contributed by atoms with Crippen molar-refractivity contribution in [2.24, 2.45) is 0 Å². The van der Waals surface area contributed by atoms with Gasteiger partial charge in [0.1, 0.15) is 0 Å². The van der Waals surface area contributed by atoms with Crippen LogP contribution < -0.4 is 15.3 Å². The minimum absolute atomic E-state index is 0. The van der Waals surface area contributed by atoms with Gasteiger partial charge in [-0.2, -0.15) is 0 Å². The molecule has 0 N–H and O–H groups in total. The van der Waals surface area contributed by atoms with Gasteiger partial charge in [0.25, 0.3) is 0 Å². The van der Waals surface area contributed by atoms with Crippen molar-refractivity contribution in [2.75, 3.05) is 18.2 Å². The van der Waals surface area contributed by atoms with Crippen LogP contribution in [-0.4, -0.2) is 44.0 Å². The first-order valence-electron chi connectivity index (χ1n) is 1.67. The molecule has 0 atom stereocenters. The first-order valence-corrected chi connectivity index (χ1v) is 3.27. The summed E-state index contributed by atoms with van der Waals surface area (Å²) >= 11 is 13.3. The van der Waals surface area contributed by atoms with Crippen molar-refractivity contribution in [3.63, 3.8) is 0 Å². The Kier molecular flexibility index (Phi) is 104. The minimum atomic E-state index is -0.528. The van der Waals surface area contributed by atoms with E-state index in [0.29, 0.717) is 0 Å². The van der Waals surface area contributed by atoms with Gasteiger partial charge >= 0.3 is 25.8 Å². The summed E-state index contributed by atoms with van der Waals surface area (Å²) in [6, 6.07) is -1.58. The van der Waals surface area contributed by atoms with Gasteiger partial charge in [-0.25, -0.2) is 0 Å². The fourth-order valence-electron chi connectivity index (χ4n) is 0. The fourth-order valence-corrected chi connectivity index (χ4v) is 0. The molecular weight excluding hydrogens is 305 g/mol. The Hall–Kier alpha value is 1.62. The largest absolute Gasteiger partial charge is 3.00 e. The molecule has 0 aromatic rings. The van der Waals surface area contributed by atoms with Gasteiger partial charge < -0.3 is 15.3 Å². The summed E-state index contributed by atoms with van der Waals surface area (Å²) in [7, 11) is 0. The van der Waals surface area contributed by atoms with E-state index in [2.05, 4.69) is 34.8 Å². The van der Waals surface area contributed by atoms with Crippen LogP contribution in [-0.2, 0) is 0 Å². The third kappa shape index (κ3) is 272. The van der Waals surface area contributed by atoms with Crippen LogP contribution in [0.3, 0.4) is 0 Å². The molecule has 0 rings (SSSR count). The maximum Gasteiger partial charge on any atom is 3.00 e. The van der Waals surface area contributed by atoms with Gasteiger partial charge in [-0.1, -0.05) is 18.2 Å². The Bertz CT molecular complexity index is 23.7. The molecule has 0 aromatic carbocycles. The zero-order valence-electron chi connectivity index (χ0n) is 5.06. The van der Waals surface area contributed by atoms with Crippen molar-refractivity contribution in [1.29, 1.82) is 0 Å². The summed E-state index contributed by atoms with van der Waals surface area (Å²) in [5, 5.41) is 26.1. The Balaban J connectivity index is -0.0000000257. The third-order valence-corrected chi connectivity index (χ3v) is 0. The van der Waals surface area contributed by atoms with Crippen molar-refractivity contribution >= 4 is 60.6 Å². The van der Waals surface area contributed by atoms with Crippen LogP contribution in [0.5, 0.6) is 0 Å². The molecule has 0 aliphatic carbocycles. The molecule has 0 bridgehead atoms. The maximum absolute atomic E-state index is 8.70. The van der Waals surface area contributed by atoms with E-state index in [1.54, 1.807) is 0 Å². The quantitative estimate of drug-likeness (QED) is 0.498. The zero-order valence-corrected chi connectivity index (χ0v) is 10.6. The number of rotatable bonds is 0. The zero-order chi connectivity index (χ0) is 8.12. The van der Waals surface area contributed by atoms with Gasteiger partial charge in [-0.05, 0) is 0 Å². The molecule has 3 nitrogen and oxygen atoms in total. The summed E-state index contributed by atoms with van der Waals surface area (Å²) in [6.45, 7) is 0. The summed E-state index contributed by atoms with van der Waals surface area (Å²) in [5.41, 5.74) is 0. The molecule has 0 radical (unpaired) electrons. The molecule has 60 valence electrons. The van der Waals surface area contributed by atoms with Crippen LogP contribution in [0.15, 0.2) is 0 Å². The SMILES string of the molecule is [In+3].[O-]CCl.[O-]CCl.[O-]CCl. The van der Waals surface area contributed by atoms with Crippen molar-refractivity contribution in [1.82, 2.24) is 0 Å². The molecule has 0 spiro atoms. The molecule has 0 aliphatic heterocycles. The van der Waals surface area contributed by atoms with E-state index >= 15 is 0 Å². The van der Waals surface area contributed by atoms with Crippen LogP contribution in [0, 0.1) is 0 Å². The van der Waals surface area contributed by atoms with Gasteiger partial charge in [-0.15, -0.1) is 34.8 Å². The van der Waals surface area contributed by atoms with Crippen molar-refractivity contribution in [3.05, 3.63) is 0 Å². The first-order chi connectivity index (χ1) is 4.24. The standard InChI is InChI=1S/3CH2ClO.In/c3*2-1-3;/h3*1H2;/q3*-1;+3. The van der Waals surface area contributed by atoms with Crippen LogP contribution in [0.4, 0.5) is 0 Å². The molecule has 0 saturated carbocycles. The van der Waals surface area contributed by atoms with Gasteiger partial charge in [0.05, 0.1) is 0 Å². The molecule has 0 fully saturated rings. The van der Waals surface area contributed by atoms with Gasteiger partial charge in [0.15, 0.2) is 0 Å². The number of hydrogen-bond acceptors (Lipinski definition) is 3. The minimum Gasteiger partial charge on any atom is -0.843 e. The second kappa shape index (κ2) is 46.0. The monoisotopic (exact) mass is 310 g/mol. The first kappa shape index (κ1) is 22.6. The predicted octanol–water partition coefficient (Wildman–Crippen LogP) is -1.75. The Morgan fingerprint density at radius 3 is 0.700 bits per heavy atom. The average Bonchev–Trinajstić information content (AvgIpc) is 1.70. The van der Waals surface area contributed by atoms with E-state index in [4.69, 9.17) is 15.3 Å². The molecule has 0 aromatic heterocycles. The van der Waals surface area contributed by atoms with E-state index < -0.39 is 18.2 Å². The molecule has 0 aliphatic rings.